The lowest BCUT2D eigenvalue weighted by Crippen LogP contribution is -2.48. The van der Waals surface area contributed by atoms with Gasteiger partial charge in [-0.25, -0.2) is 22.5 Å². The fraction of sp³-hybridized carbons (Fsp3) is 0.550. The number of aliphatic hydroxyl groups is 1. The minimum atomic E-state index is -4.02. The fourth-order valence-electron chi connectivity index (χ4n) is 4.14. The Morgan fingerprint density at radius 1 is 1.33 bits per heavy atom. The molecule has 1 aromatic rings. The van der Waals surface area contributed by atoms with E-state index in [1.54, 1.807) is 19.1 Å². The van der Waals surface area contributed by atoms with Gasteiger partial charge >= 0.3 is 10.2 Å². The van der Waals surface area contributed by atoms with Crippen molar-refractivity contribution in [3.05, 3.63) is 41.2 Å². The third kappa shape index (κ3) is 3.07. The van der Waals surface area contributed by atoms with Gasteiger partial charge in [0, 0.05) is 37.1 Å². The molecule has 2 aliphatic heterocycles. The summed E-state index contributed by atoms with van der Waals surface area (Å²) in [5, 5.41) is 10.2. The standard InChI is InChI=1S/C20H24F3N3O3S/c1-18(2,27)14-7-5-6-13(16(14)21)15-8-9-19(3)17(24-15)25(4)30(28,29)26(19)11-12-10-20(12,22)23/h5-8,12,27H,9-11H2,1-4H3. The first-order valence-electron chi connectivity index (χ1n) is 9.65. The second-order valence-electron chi connectivity index (χ2n) is 8.90. The first kappa shape index (κ1) is 21.3. The van der Waals surface area contributed by atoms with Crippen LogP contribution in [0.25, 0.3) is 5.70 Å². The van der Waals surface area contributed by atoms with Crippen LogP contribution in [0.1, 0.15) is 44.7 Å². The van der Waals surface area contributed by atoms with Crippen molar-refractivity contribution < 1.29 is 26.7 Å². The van der Waals surface area contributed by atoms with Gasteiger partial charge in [-0.3, -0.25) is 0 Å². The van der Waals surface area contributed by atoms with Crippen molar-refractivity contribution >= 4 is 21.7 Å². The van der Waals surface area contributed by atoms with Crippen LogP contribution in [-0.2, 0) is 15.8 Å². The van der Waals surface area contributed by atoms with Gasteiger partial charge in [0.15, 0.2) is 0 Å². The van der Waals surface area contributed by atoms with E-state index in [9.17, 15) is 22.3 Å². The van der Waals surface area contributed by atoms with E-state index in [0.717, 1.165) is 8.61 Å². The van der Waals surface area contributed by atoms with E-state index in [1.807, 2.05) is 0 Å². The Kier molecular flexibility index (Phi) is 4.48. The third-order valence-electron chi connectivity index (χ3n) is 6.15. The zero-order chi connectivity index (χ0) is 22.3. The van der Waals surface area contributed by atoms with Crippen molar-refractivity contribution in [2.75, 3.05) is 13.6 Å². The van der Waals surface area contributed by atoms with Crippen molar-refractivity contribution in [2.45, 2.75) is 50.7 Å². The number of hydrogen-bond donors (Lipinski definition) is 1. The molecular formula is C20H24F3N3O3S. The zero-order valence-corrected chi connectivity index (χ0v) is 18.0. The van der Waals surface area contributed by atoms with Gasteiger partial charge in [-0.1, -0.05) is 18.2 Å². The maximum absolute atomic E-state index is 15.1. The Labute approximate surface area is 173 Å². The molecule has 4 rings (SSSR count). The first-order chi connectivity index (χ1) is 13.7. The molecule has 1 saturated heterocycles. The molecule has 0 radical (unpaired) electrons. The average molecular weight is 443 g/mol. The van der Waals surface area contributed by atoms with Crippen LogP contribution in [0.3, 0.4) is 0 Å². The summed E-state index contributed by atoms with van der Waals surface area (Å²) in [6, 6.07) is 4.58. The molecule has 1 aromatic carbocycles. The number of halogens is 3. The van der Waals surface area contributed by atoms with E-state index in [-0.39, 0.29) is 42.0 Å². The largest absolute Gasteiger partial charge is 0.386 e. The number of likely N-dealkylation sites (N-methyl/N-ethyl adjacent to an activating group) is 1. The van der Waals surface area contributed by atoms with E-state index < -0.39 is 39.0 Å². The number of rotatable bonds is 4. The van der Waals surface area contributed by atoms with Crippen molar-refractivity contribution in [2.24, 2.45) is 10.9 Å². The Balaban J connectivity index is 1.74. The second kappa shape index (κ2) is 6.30. The van der Waals surface area contributed by atoms with Crippen LogP contribution in [0.5, 0.6) is 0 Å². The molecule has 2 fully saturated rings. The molecule has 2 atom stereocenters. The molecule has 0 bridgehead atoms. The number of amidine groups is 1. The Morgan fingerprint density at radius 3 is 2.53 bits per heavy atom. The molecule has 0 amide bonds. The van der Waals surface area contributed by atoms with Gasteiger partial charge in [-0.2, -0.15) is 12.7 Å². The first-order valence-corrected chi connectivity index (χ1v) is 11.0. The minimum absolute atomic E-state index is 0.0967. The van der Waals surface area contributed by atoms with Crippen LogP contribution in [0, 0.1) is 11.7 Å². The summed E-state index contributed by atoms with van der Waals surface area (Å²) in [5.74, 6) is -4.33. The SMILES string of the molecule is CN1C2=NC(c3cccc(C(C)(C)O)c3F)=CCC2(C)N(CC2CC2(F)F)S1(=O)=O. The van der Waals surface area contributed by atoms with Gasteiger partial charge in [-0.05, 0) is 33.3 Å². The molecule has 2 unspecified atom stereocenters. The molecule has 1 saturated carbocycles. The van der Waals surface area contributed by atoms with Crippen LogP contribution in [0.2, 0.25) is 0 Å². The van der Waals surface area contributed by atoms with E-state index in [1.165, 1.54) is 33.0 Å². The quantitative estimate of drug-likeness (QED) is 0.777. The van der Waals surface area contributed by atoms with Gasteiger partial charge in [0.05, 0.1) is 16.8 Å². The van der Waals surface area contributed by atoms with Crippen LogP contribution in [0.15, 0.2) is 29.3 Å². The monoisotopic (exact) mass is 443 g/mol. The highest BCUT2D eigenvalue weighted by molar-refractivity contribution is 7.87. The molecule has 0 aromatic heterocycles. The van der Waals surface area contributed by atoms with Crippen molar-refractivity contribution in [1.29, 1.82) is 0 Å². The Hall–Kier alpha value is -1.91. The molecule has 3 aliphatic rings. The summed E-state index contributed by atoms with van der Waals surface area (Å²) in [4.78, 5) is 4.43. The Morgan fingerprint density at radius 2 is 1.97 bits per heavy atom. The number of aliphatic imine (C=N–C) groups is 1. The lowest BCUT2D eigenvalue weighted by atomic mass is 9.90. The van der Waals surface area contributed by atoms with Crippen LogP contribution >= 0.6 is 0 Å². The topological polar surface area (TPSA) is 73.2 Å². The van der Waals surface area contributed by atoms with Crippen molar-refractivity contribution in [3.8, 4) is 0 Å². The van der Waals surface area contributed by atoms with Crippen LogP contribution in [-0.4, -0.2) is 53.0 Å². The molecule has 10 heteroatoms. The van der Waals surface area contributed by atoms with E-state index in [4.69, 9.17) is 0 Å². The van der Waals surface area contributed by atoms with Gasteiger partial charge in [-0.15, -0.1) is 0 Å². The number of alkyl halides is 2. The van der Waals surface area contributed by atoms with Gasteiger partial charge < -0.3 is 5.11 Å². The number of hydrogen-bond acceptors (Lipinski definition) is 4. The van der Waals surface area contributed by atoms with E-state index in [2.05, 4.69) is 4.99 Å². The highest BCUT2D eigenvalue weighted by atomic mass is 32.2. The normalized spacial score (nSPS) is 30.0. The fourth-order valence-corrected chi connectivity index (χ4v) is 5.92. The van der Waals surface area contributed by atoms with Crippen LogP contribution < -0.4 is 0 Å². The second-order valence-corrected chi connectivity index (χ2v) is 10.8. The molecule has 2 heterocycles. The average Bonchev–Trinajstić information content (AvgIpc) is 3.20. The molecular weight excluding hydrogens is 419 g/mol. The molecule has 0 spiro atoms. The zero-order valence-electron chi connectivity index (χ0n) is 17.2. The summed E-state index contributed by atoms with van der Waals surface area (Å²) in [6.45, 7) is 4.29. The Bertz CT molecular complexity index is 1080. The lowest BCUT2D eigenvalue weighted by molar-refractivity contribution is 0.0744. The van der Waals surface area contributed by atoms with Gasteiger partial charge in [0.2, 0.25) is 0 Å². The summed E-state index contributed by atoms with van der Waals surface area (Å²) in [6.07, 6.45) is 1.44. The number of benzene rings is 1. The maximum Gasteiger partial charge on any atom is 0.305 e. The van der Waals surface area contributed by atoms with Gasteiger partial charge in [0.1, 0.15) is 11.7 Å². The highest BCUT2D eigenvalue weighted by Crippen LogP contribution is 2.51. The molecule has 164 valence electrons. The van der Waals surface area contributed by atoms with E-state index >= 15 is 4.39 Å². The van der Waals surface area contributed by atoms with Gasteiger partial charge in [0.25, 0.3) is 5.92 Å². The maximum atomic E-state index is 15.1. The van der Waals surface area contributed by atoms with Crippen LogP contribution in [0.4, 0.5) is 13.2 Å². The molecule has 6 nitrogen and oxygen atoms in total. The number of nitrogens with zero attached hydrogens (tertiary/aromatic N) is 3. The molecule has 1 aliphatic carbocycles. The highest BCUT2D eigenvalue weighted by Gasteiger charge is 2.63. The summed E-state index contributed by atoms with van der Waals surface area (Å²) in [5.41, 5.74) is -2.05. The van der Waals surface area contributed by atoms with Crippen molar-refractivity contribution in [3.63, 3.8) is 0 Å². The number of fused-ring (bicyclic) bond motifs is 1. The lowest BCUT2D eigenvalue weighted by Gasteiger charge is -2.33. The minimum Gasteiger partial charge on any atom is -0.386 e. The molecule has 30 heavy (non-hydrogen) atoms. The third-order valence-corrected chi connectivity index (χ3v) is 8.12. The predicted octanol–water partition coefficient (Wildman–Crippen LogP) is 3.10. The predicted molar refractivity (Wildman–Crippen MR) is 107 cm³/mol. The van der Waals surface area contributed by atoms with E-state index in [0.29, 0.717) is 0 Å². The smallest absolute Gasteiger partial charge is 0.305 e. The van der Waals surface area contributed by atoms with Crippen molar-refractivity contribution in [1.82, 2.24) is 8.61 Å². The molecule has 1 N–H and O–H groups in total. The summed E-state index contributed by atoms with van der Waals surface area (Å²) >= 11 is 0. The summed E-state index contributed by atoms with van der Waals surface area (Å²) < 4.78 is 70.0. The summed E-state index contributed by atoms with van der Waals surface area (Å²) in [7, 11) is -2.70.